The normalized spacial score (nSPS) is 11.8. The first-order valence-corrected chi connectivity index (χ1v) is 9.74. The van der Waals surface area contributed by atoms with Gasteiger partial charge in [0.05, 0.1) is 7.11 Å². The minimum atomic E-state index is -0.969. The number of alkyl carbamates (subject to hydrolysis) is 1. The zero-order chi connectivity index (χ0) is 22.7. The highest BCUT2D eigenvalue weighted by molar-refractivity contribution is 5.91. The third-order valence-corrected chi connectivity index (χ3v) is 3.88. The van der Waals surface area contributed by atoms with Gasteiger partial charge in [-0.1, -0.05) is 37.3 Å². The van der Waals surface area contributed by atoms with E-state index in [4.69, 9.17) is 4.74 Å². The van der Waals surface area contributed by atoms with E-state index in [1.165, 1.54) is 12.0 Å². The largest absolute Gasteiger partial charge is 0.468 e. The number of ether oxygens (including phenoxy) is 2. The molecule has 0 aliphatic carbocycles. The van der Waals surface area contributed by atoms with E-state index < -0.39 is 35.5 Å². The Balaban J connectivity index is 3.03. The van der Waals surface area contributed by atoms with E-state index >= 15 is 0 Å². The molecular weight excluding hydrogens is 390 g/mol. The van der Waals surface area contributed by atoms with Crippen LogP contribution in [0.3, 0.4) is 0 Å². The van der Waals surface area contributed by atoms with E-state index in [1.807, 2.05) is 6.92 Å². The first-order chi connectivity index (χ1) is 14.1. The summed E-state index contributed by atoms with van der Waals surface area (Å²) < 4.78 is 9.70. The van der Waals surface area contributed by atoms with Crippen LogP contribution in [0, 0.1) is 0 Å². The van der Waals surface area contributed by atoms with Crippen LogP contribution in [-0.4, -0.2) is 61.1 Å². The molecule has 9 nitrogen and oxygen atoms in total. The lowest BCUT2D eigenvalue weighted by Crippen LogP contribution is -2.48. The first kappa shape index (κ1) is 24.9. The molecule has 9 heteroatoms. The zero-order valence-electron chi connectivity index (χ0n) is 18.2. The van der Waals surface area contributed by atoms with Crippen molar-refractivity contribution in [2.24, 2.45) is 0 Å². The monoisotopic (exact) mass is 421 g/mol. The molecule has 30 heavy (non-hydrogen) atoms. The lowest BCUT2D eigenvalue weighted by Gasteiger charge is -2.31. The van der Waals surface area contributed by atoms with Crippen LogP contribution in [-0.2, 0) is 23.9 Å². The highest BCUT2D eigenvalue weighted by Crippen LogP contribution is 2.22. The van der Waals surface area contributed by atoms with Crippen molar-refractivity contribution in [1.82, 2.24) is 15.5 Å². The molecule has 0 bridgehead atoms. The number of methoxy groups -OCH3 is 1. The van der Waals surface area contributed by atoms with Crippen LogP contribution < -0.4 is 10.6 Å². The van der Waals surface area contributed by atoms with Crippen LogP contribution >= 0.6 is 0 Å². The highest BCUT2D eigenvalue weighted by atomic mass is 16.6. The summed E-state index contributed by atoms with van der Waals surface area (Å²) in [6, 6.07) is 7.78. The van der Waals surface area contributed by atoms with Gasteiger partial charge in [0.2, 0.25) is 11.8 Å². The molecule has 0 radical (unpaired) electrons. The van der Waals surface area contributed by atoms with Gasteiger partial charge in [-0.2, -0.15) is 0 Å². The Labute approximate surface area is 177 Å². The Hall–Kier alpha value is -3.10. The number of rotatable bonds is 9. The number of hydrogen-bond donors (Lipinski definition) is 2. The molecule has 166 valence electrons. The van der Waals surface area contributed by atoms with Crippen LogP contribution in [0.1, 0.15) is 45.7 Å². The number of nitrogens with one attached hydrogen (secondary N) is 2. The van der Waals surface area contributed by atoms with E-state index in [9.17, 15) is 19.2 Å². The SMILES string of the molecule is CCCN(C(=O)CNC(=O)OC(C)(C)C)C(C(=O)NCC(=O)OC)c1ccccc1. The summed E-state index contributed by atoms with van der Waals surface area (Å²) in [7, 11) is 1.22. The van der Waals surface area contributed by atoms with Gasteiger partial charge in [-0.3, -0.25) is 14.4 Å². The molecule has 2 N–H and O–H groups in total. The van der Waals surface area contributed by atoms with Crippen molar-refractivity contribution in [3.63, 3.8) is 0 Å². The highest BCUT2D eigenvalue weighted by Gasteiger charge is 2.31. The fourth-order valence-electron chi connectivity index (χ4n) is 2.64. The van der Waals surface area contributed by atoms with Gasteiger partial charge in [-0.15, -0.1) is 0 Å². The standard InChI is InChI=1S/C21H31N3O6/c1-6-12-24(16(25)13-23-20(28)30-21(2,3)4)18(15-10-8-7-9-11-15)19(27)22-14-17(26)29-5/h7-11,18H,6,12-14H2,1-5H3,(H,22,27)(H,23,28). The molecule has 0 spiro atoms. The van der Waals surface area contributed by atoms with Gasteiger partial charge < -0.3 is 25.0 Å². The molecular formula is C21H31N3O6. The Morgan fingerprint density at radius 1 is 1.03 bits per heavy atom. The maximum absolute atomic E-state index is 12.9. The first-order valence-electron chi connectivity index (χ1n) is 9.74. The Kier molecular flexibility index (Phi) is 9.80. The molecule has 0 fully saturated rings. The van der Waals surface area contributed by atoms with E-state index in [-0.39, 0.29) is 19.6 Å². The lowest BCUT2D eigenvalue weighted by atomic mass is 10.0. The van der Waals surface area contributed by atoms with Crippen molar-refractivity contribution >= 4 is 23.9 Å². The predicted octanol–water partition coefficient (Wildman–Crippen LogP) is 1.78. The lowest BCUT2D eigenvalue weighted by molar-refractivity contribution is -0.143. The summed E-state index contributed by atoms with van der Waals surface area (Å²) in [6.07, 6.45) is -0.134. The van der Waals surface area contributed by atoms with Crippen LogP contribution in [0.2, 0.25) is 0 Å². The second kappa shape index (κ2) is 11.8. The van der Waals surface area contributed by atoms with Gasteiger partial charge in [0.1, 0.15) is 24.7 Å². The molecule has 0 saturated carbocycles. The predicted molar refractivity (Wildman–Crippen MR) is 110 cm³/mol. The minimum Gasteiger partial charge on any atom is -0.468 e. The fourth-order valence-corrected chi connectivity index (χ4v) is 2.64. The number of hydrogen-bond acceptors (Lipinski definition) is 6. The molecule has 1 atom stereocenters. The molecule has 0 aliphatic rings. The van der Waals surface area contributed by atoms with Gasteiger partial charge in [0.15, 0.2) is 0 Å². The van der Waals surface area contributed by atoms with Crippen LogP contribution in [0.5, 0.6) is 0 Å². The molecule has 0 aromatic heterocycles. The topological polar surface area (TPSA) is 114 Å². The maximum atomic E-state index is 12.9. The van der Waals surface area contributed by atoms with Crippen molar-refractivity contribution in [3.05, 3.63) is 35.9 Å². The summed E-state index contributed by atoms with van der Waals surface area (Å²) in [6.45, 7) is 6.65. The van der Waals surface area contributed by atoms with Crippen molar-refractivity contribution in [2.75, 3.05) is 26.7 Å². The summed E-state index contributed by atoms with van der Waals surface area (Å²) in [5.41, 5.74) is -0.115. The van der Waals surface area contributed by atoms with Crippen LogP contribution in [0.4, 0.5) is 4.79 Å². The number of carbonyl (C=O) groups is 4. The average molecular weight is 421 g/mol. The second-order valence-corrected chi connectivity index (χ2v) is 7.55. The fraction of sp³-hybridized carbons (Fsp3) is 0.524. The summed E-state index contributed by atoms with van der Waals surface area (Å²) in [5, 5.41) is 4.93. The molecule has 3 amide bonds. The number of benzene rings is 1. The molecule has 1 aromatic rings. The molecule has 1 aromatic carbocycles. The maximum Gasteiger partial charge on any atom is 0.408 e. The number of nitrogens with zero attached hydrogens (tertiary/aromatic N) is 1. The Morgan fingerprint density at radius 3 is 2.20 bits per heavy atom. The van der Waals surface area contributed by atoms with Crippen molar-refractivity contribution < 1.29 is 28.7 Å². The van der Waals surface area contributed by atoms with Gasteiger partial charge in [-0.25, -0.2) is 4.79 Å². The molecule has 1 unspecified atom stereocenters. The van der Waals surface area contributed by atoms with Crippen LogP contribution in [0.25, 0.3) is 0 Å². The third kappa shape index (κ3) is 8.50. The van der Waals surface area contributed by atoms with Gasteiger partial charge in [0.25, 0.3) is 0 Å². The van der Waals surface area contributed by atoms with E-state index in [1.54, 1.807) is 51.1 Å². The Morgan fingerprint density at radius 2 is 1.67 bits per heavy atom. The summed E-state index contributed by atoms with van der Waals surface area (Å²) >= 11 is 0. The van der Waals surface area contributed by atoms with E-state index in [0.29, 0.717) is 12.0 Å². The van der Waals surface area contributed by atoms with Gasteiger partial charge in [-0.05, 0) is 32.8 Å². The number of esters is 1. The van der Waals surface area contributed by atoms with Crippen molar-refractivity contribution in [1.29, 1.82) is 0 Å². The summed E-state index contributed by atoms with van der Waals surface area (Å²) in [5.74, 6) is -1.58. The second-order valence-electron chi connectivity index (χ2n) is 7.55. The van der Waals surface area contributed by atoms with E-state index in [0.717, 1.165) is 0 Å². The molecule has 0 heterocycles. The van der Waals surface area contributed by atoms with Crippen molar-refractivity contribution in [3.8, 4) is 0 Å². The Bertz CT molecular complexity index is 730. The number of amides is 3. The summed E-state index contributed by atoms with van der Waals surface area (Å²) in [4.78, 5) is 50.5. The minimum absolute atomic E-state index is 0.278. The quantitative estimate of drug-likeness (QED) is 0.588. The van der Waals surface area contributed by atoms with Gasteiger partial charge >= 0.3 is 12.1 Å². The molecule has 0 aliphatic heterocycles. The number of carbonyl (C=O) groups excluding carboxylic acids is 4. The van der Waals surface area contributed by atoms with Crippen molar-refractivity contribution in [2.45, 2.75) is 45.8 Å². The van der Waals surface area contributed by atoms with Gasteiger partial charge in [0, 0.05) is 6.54 Å². The zero-order valence-corrected chi connectivity index (χ0v) is 18.2. The average Bonchev–Trinajstić information content (AvgIpc) is 2.69. The molecule has 1 rings (SSSR count). The molecule has 0 saturated heterocycles. The third-order valence-electron chi connectivity index (χ3n) is 3.88. The van der Waals surface area contributed by atoms with E-state index in [2.05, 4.69) is 15.4 Å². The smallest absolute Gasteiger partial charge is 0.408 e. The van der Waals surface area contributed by atoms with Crippen LogP contribution in [0.15, 0.2) is 30.3 Å².